The molecule has 6 atom stereocenters. The van der Waals surface area contributed by atoms with Gasteiger partial charge in [-0.2, -0.15) is 0 Å². The fraction of sp³-hybridized carbons (Fsp3) is 0.786. The summed E-state index contributed by atoms with van der Waals surface area (Å²) < 4.78 is 5.42. The molecule has 0 aliphatic heterocycles. The summed E-state index contributed by atoms with van der Waals surface area (Å²) in [5.74, 6) is -1.22. The van der Waals surface area contributed by atoms with Crippen molar-refractivity contribution in [2.75, 3.05) is 0 Å². The molecule has 0 radical (unpaired) electrons. The average molecular weight is 268 g/mol. The summed E-state index contributed by atoms with van der Waals surface area (Å²) in [6.45, 7) is 5.13. The minimum absolute atomic E-state index is 0.177. The fourth-order valence-electron chi connectivity index (χ4n) is 4.20. The first kappa shape index (κ1) is 13.1. The van der Waals surface area contributed by atoms with Gasteiger partial charge in [0, 0.05) is 29.2 Å². The molecule has 19 heavy (non-hydrogen) atoms. The molecule has 0 aromatic heterocycles. The molecule has 4 aliphatic carbocycles. The summed E-state index contributed by atoms with van der Waals surface area (Å²) >= 11 is 0. The lowest BCUT2D eigenvalue weighted by molar-refractivity contribution is -0.252. The third-order valence-corrected chi connectivity index (χ3v) is 5.16. The molecule has 5 heteroatoms. The first-order valence-electron chi connectivity index (χ1n) is 6.82. The molecular formula is C14H20O5. The van der Waals surface area contributed by atoms with Crippen molar-refractivity contribution >= 4 is 5.97 Å². The van der Waals surface area contributed by atoms with Crippen LogP contribution in [0.3, 0.4) is 0 Å². The first-order valence-corrected chi connectivity index (χ1v) is 6.82. The number of carbonyl (C=O) groups is 1. The number of aliphatic hydroxyl groups is 3. The molecule has 5 nitrogen and oxygen atoms in total. The number of hydrogen-bond donors (Lipinski definition) is 3. The van der Waals surface area contributed by atoms with Crippen LogP contribution in [0, 0.1) is 23.7 Å². The highest BCUT2D eigenvalue weighted by atomic mass is 16.5. The molecule has 0 amide bonds. The summed E-state index contributed by atoms with van der Waals surface area (Å²) in [5, 5.41) is 30.6. The summed E-state index contributed by atoms with van der Waals surface area (Å²) in [7, 11) is 0. The van der Waals surface area contributed by atoms with E-state index in [4.69, 9.17) is 4.74 Å². The van der Waals surface area contributed by atoms with Crippen molar-refractivity contribution in [1.82, 2.24) is 0 Å². The van der Waals surface area contributed by atoms with Crippen molar-refractivity contribution < 1.29 is 24.9 Å². The monoisotopic (exact) mass is 268 g/mol. The van der Waals surface area contributed by atoms with Crippen LogP contribution < -0.4 is 0 Å². The fourth-order valence-corrected chi connectivity index (χ4v) is 4.20. The topological polar surface area (TPSA) is 87.0 Å². The van der Waals surface area contributed by atoms with Crippen molar-refractivity contribution in [2.24, 2.45) is 23.7 Å². The second-order valence-electron chi connectivity index (χ2n) is 6.25. The van der Waals surface area contributed by atoms with Gasteiger partial charge in [0.05, 0.1) is 18.3 Å². The highest BCUT2D eigenvalue weighted by molar-refractivity contribution is 5.87. The molecule has 4 fully saturated rings. The largest absolute Gasteiger partial charge is 0.458 e. The Morgan fingerprint density at radius 3 is 1.84 bits per heavy atom. The zero-order valence-electron chi connectivity index (χ0n) is 10.9. The van der Waals surface area contributed by atoms with Crippen LogP contribution in [0.25, 0.3) is 0 Å². The Morgan fingerprint density at radius 1 is 1.00 bits per heavy atom. The van der Waals surface area contributed by atoms with E-state index in [1.54, 1.807) is 6.92 Å². The van der Waals surface area contributed by atoms with Crippen LogP contribution in [0.2, 0.25) is 0 Å². The van der Waals surface area contributed by atoms with Crippen molar-refractivity contribution in [2.45, 2.75) is 44.2 Å². The Bertz CT molecular complexity index is 396. The van der Waals surface area contributed by atoms with Gasteiger partial charge in [-0.05, 0) is 19.8 Å². The zero-order valence-corrected chi connectivity index (χ0v) is 10.9. The van der Waals surface area contributed by atoms with Gasteiger partial charge in [0.15, 0.2) is 0 Å². The maximum absolute atomic E-state index is 11.7. The molecule has 0 aromatic rings. The smallest absolute Gasteiger partial charge is 0.333 e. The van der Waals surface area contributed by atoms with Crippen molar-refractivity contribution in [1.29, 1.82) is 0 Å². The highest BCUT2D eigenvalue weighted by Gasteiger charge is 2.62. The SMILES string of the molecule is C=C(C)C(=O)OC1C2CC3C(O)C(CC1C3O)C2O. The van der Waals surface area contributed by atoms with Crippen LogP contribution in [0.5, 0.6) is 0 Å². The van der Waals surface area contributed by atoms with Gasteiger partial charge in [-0.25, -0.2) is 4.79 Å². The summed E-state index contributed by atoms with van der Waals surface area (Å²) in [6, 6.07) is 0. The molecule has 4 rings (SSSR count). The molecule has 6 unspecified atom stereocenters. The van der Waals surface area contributed by atoms with Gasteiger partial charge in [-0.1, -0.05) is 6.58 Å². The van der Waals surface area contributed by atoms with Gasteiger partial charge in [0.25, 0.3) is 0 Å². The van der Waals surface area contributed by atoms with E-state index in [9.17, 15) is 20.1 Å². The summed E-state index contributed by atoms with van der Waals surface area (Å²) in [4.78, 5) is 11.7. The molecule has 106 valence electrons. The normalized spacial score (nSPS) is 51.2. The lowest BCUT2D eigenvalue weighted by atomic mass is 9.51. The summed E-state index contributed by atoms with van der Waals surface area (Å²) in [5.41, 5.74) is 0.317. The predicted octanol–water partition coefficient (Wildman–Crippen LogP) is -0.157. The predicted molar refractivity (Wildman–Crippen MR) is 65.9 cm³/mol. The maximum atomic E-state index is 11.7. The number of carbonyl (C=O) groups excluding carboxylic acids is 1. The highest BCUT2D eigenvalue weighted by Crippen LogP contribution is 2.54. The Labute approximate surface area is 111 Å². The van der Waals surface area contributed by atoms with Gasteiger partial charge in [-0.15, -0.1) is 0 Å². The van der Waals surface area contributed by atoms with E-state index in [2.05, 4.69) is 6.58 Å². The number of hydrogen-bond acceptors (Lipinski definition) is 5. The van der Waals surface area contributed by atoms with Crippen molar-refractivity contribution in [3.05, 3.63) is 12.2 Å². The molecule has 0 spiro atoms. The van der Waals surface area contributed by atoms with Gasteiger partial charge in [-0.3, -0.25) is 0 Å². The standard InChI is InChI=1S/C14H20O5/c1-5(2)14(18)19-13-8-3-6-10(15)7(12(8)17)4-9(13)11(6)16/h6-13,15-17H,1,3-4H2,2H3. The Morgan fingerprint density at radius 2 is 1.42 bits per heavy atom. The van der Waals surface area contributed by atoms with Gasteiger partial charge in [0.2, 0.25) is 0 Å². The second-order valence-corrected chi connectivity index (χ2v) is 6.25. The van der Waals surface area contributed by atoms with Crippen molar-refractivity contribution in [3.8, 4) is 0 Å². The maximum Gasteiger partial charge on any atom is 0.333 e. The van der Waals surface area contributed by atoms with Crippen LogP contribution in [0.15, 0.2) is 12.2 Å². The van der Waals surface area contributed by atoms with Crippen LogP contribution in [-0.4, -0.2) is 45.7 Å². The van der Waals surface area contributed by atoms with E-state index < -0.39 is 30.4 Å². The van der Waals surface area contributed by atoms with E-state index in [1.807, 2.05) is 0 Å². The van der Waals surface area contributed by atoms with Crippen LogP contribution in [0.1, 0.15) is 19.8 Å². The molecule has 3 N–H and O–H groups in total. The lowest BCUT2D eigenvalue weighted by Crippen LogP contribution is -2.67. The number of esters is 1. The summed E-state index contributed by atoms with van der Waals surface area (Å²) in [6.07, 6.45) is -1.41. The molecule has 4 bridgehead atoms. The number of aliphatic hydroxyl groups excluding tert-OH is 3. The minimum atomic E-state index is -0.655. The van der Waals surface area contributed by atoms with E-state index in [1.165, 1.54) is 0 Å². The minimum Gasteiger partial charge on any atom is -0.458 e. The number of ether oxygens (including phenoxy) is 1. The van der Waals surface area contributed by atoms with Crippen LogP contribution >= 0.6 is 0 Å². The lowest BCUT2D eigenvalue weighted by Gasteiger charge is -2.59. The zero-order chi connectivity index (χ0) is 13.9. The molecule has 4 saturated carbocycles. The molecule has 0 saturated heterocycles. The number of rotatable bonds is 2. The van der Waals surface area contributed by atoms with Gasteiger partial charge in [0.1, 0.15) is 6.10 Å². The van der Waals surface area contributed by atoms with Crippen LogP contribution in [-0.2, 0) is 9.53 Å². The molecular weight excluding hydrogens is 248 g/mol. The van der Waals surface area contributed by atoms with E-state index in [0.29, 0.717) is 18.4 Å². The second kappa shape index (κ2) is 4.30. The van der Waals surface area contributed by atoms with Gasteiger partial charge >= 0.3 is 5.97 Å². The van der Waals surface area contributed by atoms with Crippen LogP contribution in [0.4, 0.5) is 0 Å². The third-order valence-electron chi connectivity index (χ3n) is 5.16. The van der Waals surface area contributed by atoms with E-state index >= 15 is 0 Å². The van der Waals surface area contributed by atoms with Crippen molar-refractivity contribution in [3.63, 3.8) is 0 Å². The van der Waals surface area contributed by atoms with Gasteiger partial charge < -0.3 is 20.1 Å². The quantitative estimate of drug-likeness (QED) is 0.478. The third kappa shape index (κ3) is 1.75. The Hall–Kier alpha value is -0.910. The average Bonchev–Trinajstić information content (AvgIpc) is 2.34. The molecule has 0 aromatic carbocycles. The molecule has 0 heterocycles. The first-order chi connectivity index (χ1) is 8.91. The van der Waals surface area contributed by atoms with E-state index in [0.717, 1.165) is 0 Å². The Balaban J connectivity index is 1.84. The Kier molecular flexibility index (Phi) is 2.96. The molecule has 4 aliphatic rings. The van der Waals surface area contributed by atoms with E-state index in [-0.39, 0.29) is 23.7 Å².